The molecular formula is C13H26N2O. The van der Waals surface area contributed by atoms with Crippen LogP contribution in [0.4, 0.5) is 0 Å². The number of hydrogen-bond donors (Lipinski definition) is 2. The topological polar surface area (TPSA) is 35.5 Å². The summed E-state index contributed by atoms with van der Waals surface area (Å²) in [5.41, 5.74) is 0. The molecule has 2 rings (SSSR count). The summed E-state index contributed by atoms with van der Waals surface area (Å²) >= 11 is 0. The normalized spacial score (nSPS) is 36.6. The SMILES string of the molecule is CCNCC(C)CN1CC2CCC(O)C2C1. The predicted molar refractivity (Wildman–Crippen MR) is 66.4 cm³/mol. The van der Waals surface area contributed by atoms with Crippen LogP contribution in [0.25, 0.3) is 0 Å². The number of nitrogens with zero attached hydrogens (tertiary/aromatic N) is 1. The molecule has 0 spiro atoms. The van der Waals surface area contributed by atoms with Crippen molar-refractivity contribution >= 4 is 0 Å². The van der Waals surface area contributed by atoms with E-state index in [4.69, 9.17) is 0 Å². The summed E-state index contributed by atoms with van der Waals surface area (Å²) < 4.78 is 0. The fourth-order valence-corrected chi connectivity index (χ4v) is 3.37. The average Bonchev–Trinajstić information content (AvgIpc) is 2.78. The van der Waals surface area contributed by atoms with E-state index in [0.29, 0.717) is 5.92 Å². The standard InChI is InChI=1S/C13H26N2O/c1-3-14-6-10(2)7-15-8-11-4-5-13(16)12(11)9-15/h10-14,16H,3-9H2,1-2H3. The number of rotatable bonds is 5. The second-order valence-corrected chi connectivity index (χ2v) is 5.70. The third-order valence-corrected chi connectivity index (χ3v) is 4.21. The number of hydrogen-bond acceptors (Lipinski definition) is 3. The van der Waals surface area contributed by atoms with Gasteiger partial charge in [-0.25, -0.2) is 0 Å². The molecule has 0 amide bonds. The molecule has 2 fully saturated rings. The van der Waals surface area contributed by atoms with Crippen LogP contribution in [0.1, 0.15) is 26.7 Å². The zero-order valence-corrected chi connectivity index (χ0v) is 10.7. The quantitative estimate of drug-likeness (QED) is 0.732. The van der Waals surface area contributed by atoms with Gasteiger partial charge in [0.15, 0.2) is 0 Å². The Bertz CT molecular complexity index is 222. The fraction of sp³-hybridized carbons (Fsp3) is 1.00. The lowest BCUT2D eigenvalue weighted by Gasteiger charge is -2.22. The van der Waals surface area contributed by atoms with Gasteiger partial charge < -0.3 is 15.3 Å². The van der Waals surface area contributed by atoms with Crippen LogP contribution in [0.3, 0.4) is 0 Å². The lowest BCUT2D eigenvalue weighted by Crippen LogP contribution is -2.33. The molecule has 1 saturated heterocycles. The van der Waals surface area contributed by atoms with Crippen LogP contribution in [0, 0.1) is 17.8 Å². The Balaban J connectivity index is 1.72. The lowest BCUT2D eigenvalue weighted by atomic mass is 10.00. The Labute approximate surface area is 99.2 Å². The van der Waals surface area contributed by atoms with Crippen LogP contribution in [0.15, 0.2) is 0 Å². The van der Waals surface area contributed by atoms with Crippen molar-refractivity contribution < 1.29 is 5.11 Å². The van der Waals surface area contributed by atoms with Gasteiger partial charge in [0.1, 0.15) is 0 Å². The maximum Gasteiger partial charge on any atom is 0.0583 e. The van der Waals surface area contributed by atoms with Crippen LogP contribution >= 0.6 is 0 Å². The number of fused-ring (bicyclic) bond motifs is 1. The molecule has 0 aromatic carbocycles. The second kappa shape index (κ2) is 5.48. The molecule has 1 aliphatic heterocycles. The van der Waals surface area contributed by atoms with E-state index in [1.165, 1.54) is 19.5 Å². The van der Waals surface area contributed by atoms with Crippen molar-refractivity contribution in [2.45, 2.75) is 32.8 Å². The third kappa shape index (κ3) is 2.76. The molecule has 0 bridgehead atoms. The number of aliphatic hydroxyl groups is 1. The molecular weight excluding hydrogens is 200 g/mol. The maximum atomic E-state index is 9.85. The van der Waals surface area contributed by atoms with Crippen LogP contribution in [0.5, 0.6) is 0 Å². The van der Waals surface area contributed by atoms with Crippen LogP contribution in [-0.4, -0.2) is 48.8 Å². The molecule has 0 aromatic heterocycles. The molecule has 3 heteroatoms. The molecule has 4 unspecified atom stereocenters. The summed E-state index contributed by atoms with van der Waals surface area (Å²) in [5, 5.41) is 13.3. The van der Waals surface area contributed by atoms with Crippen molar-refractivity contribution in [3.05, 3.63) is 0 Å². The van der Waals surface area contributed by atoms with E-state index >= 15 is 0 Å². The monoisotopic (exact) mass is 226 g/mol. The summed E-state index contributed by atoms with van der Waals surface area (Å²) in [4.78, 5) is 2.56. The molecule has 3 nitrogen and oxygen atoms in total. The van der Waals surface area contributed by atoms with Crippen molar-refractivity contribution in [1.29, 1.82) is 0 Å². The molecule has 0 radical (unpaired) electrons. The molecule has 0 aromatic rings. The van der Waals surface area contributed by atoms with Crippen molar-refractivity contribution in [2.75, 3.05) is 32.7 Å². The number of likely N-dealkylation sites (tertiary alicyclic amines) is 1. The minimum atomic E-state index is -0.0147. The van der Waals surface area contributed by atoms with Gasteiger partial charge in [-0.1, -0.05) is 13.8 Å². The van der Waals surface area contributed by atoms with E-state index in [0.717, 1.165) is 37.9 Å². The first kappa shape index (κ1) is 12.3. The molecule has 94 valence electrons. The molecule has 16 heavy (non-hydrogen) atoms. The summed E-state index contributed by atoms with van der Waals surface area (Å²) in [6.07, 6.45) is 2.26. The van der Waals surface area contributed by atoms with Crippen LogP contribution in [-0.2, 0) is 0 Å². The van der Waals surface area contributed by atoms with Gasteiger partial charge in [0.2, 0.25) is 0 Å². The average molecular weight is 226 g/mol. The van der Waals surface area contributed by atoms with E-state index in [1.807, 2.05) is 0 Å². The molecule has 1 heterocycles. The lowest BCUT2D eigenvalue weighted by molar-refractivity contribution is 0.122. The predicted octanol–water partition coefficient (Wildman–Crippen LogP) is 0.935. The first-order chi connectivity index (χ1) is 7.70. The third-order valence-electron chi connectivity index (χ3n) is 4.21. The Morgan fingerprint density at radius 3 is 2.88 bits per heavy atom. The van der Waals surface area contributed by atoms with Crippen molar-refractivity contribution in [1.82, 2.24) is 10.2 Å². The number of aliphatic hydroxyl groups excluding tert-OH is 1. The zero-order chi connectivity index (χ0) is 11.5. The number of nitrogens with one attached hydrogen (secondary N) is 1. The zero-order valence-electron chi connectivity index (χ0n) is 10.7. The van der Waals surface area contributed by atoms with Gasteiger partial charge in [-0.15, -0.1) is 0 Å². The van der Waals surface area contributed by atoms with Gasteiger partial charge >= 0.3 is 0 Å². The van der Waals surface area contributed by atoms with Gasteiger partial charge in [-0.2, -0.15) is 0 Å². The fourth-order valence-electron chi connectivity index (χ4n) is 3.37. The highest BCUT2D eigenvalue weighted by Crippen LogP contribution is 2.38. The Morgan fingerprint density at radius 2 is 2.19 bits per heavy atom. The molecule has 1 saturated carbocycles. The van der Waals surface area contributed by atoms with E-state index in [2.05, 4.69) is 24.1 Å². The van der Waals surface area contributed by atoms with Gasteiger partial charge in [-0.05, 0) is 37.8 Å². The molecule has 2 aliphatic rings. The van der Waals surface area contributed by atoms with Crippen molar-refractivity contribution in [3.63, 3.8) is 0 Å². The minimum absolute atomic E-state index is 0.0147. The summed E-state index contributed by atoms with van der Waals surface area (Å²) in [6.45, 7) is 10.2. The first-order valence-electron chi connectivity index (χ1n) is 6.81. The highest BCUT2D eigenvalue weighted by atomic mass is 16.3. The van der Waals surface area contributed by atoms with E-state index < -0.39 is 0 Å². The maximum absolute atomic E-state index is 9.85. The smallest absolute Gasteiger partial charge is 0.0583 e. The Hall–Kier alpha value is -0.120. The highest BCUT2D eigenvalue weighted by Gasteiger charge is 2.41. The first-order valence-corrected chi connectivity index (χ1v) is 6.81. The molecule has 4 atom stereocenters. The van der Waals surface area contributed by atoms with Gasteiger partial charge in [-0.3, -0.25) is 0 Å². The van der Waals surface area contributed by atoms with E-state index in [9.17, 15) is 5.11 Å². The van der Waals surface area contributed by atoms with Gasteiger partial charge in [0.05, 0.1) is 6.10 Å². The van der Waals surface area contributed by atoms with Gasteiger partial charge in [0, 0.05) is 25.6 Å². The van der Waals surface area contributed by atoms with E-state index in [1.54, 1.807) is 0 Å². The highest BCUT2D eigenvalue weighted by molar-refractivity contribution is 4.93. The van der Waals surface area contributed by atoms with Gasteiger partial charge in [0.25, 0.3) is 0 Å². The molecule has 1 aliphatic carbocycles. The summed E-state index contributed by atoms with van der Waals surface area (Å²) in [5.74, 6) is 2.07. The molecule has 2 N–H and O–H groups in total. The minimum Gasteiger partial charge on any atom is -0.393 e. The second-order valence-electron chi connectivity index (χ2n) is 5.70. The summed E-state index contributed by atoms with van der Waals surface area (Å²) in [6, 6.07) is 0. The Morgan fingerprint density at radius 1 is 1.38 bits per heavy atom. The summed E-state index contributed by atoms with van der Waals surface area (Å²) in [7, 11) is 0. The van der Waals surface area contributed by atoms with E-state index in [-0.39, 0.29) is 6.10 Å². The van der Waals surface area contributed by atoms with Crippen molar-refractivity contribution in [3.8, 4) is 0 Å². The Kier molecular flexibility index (Phi) is 4.22. The largest absolute Gasteiger partial charge is 0.393 e. The van der Waals surface area contributed by atoms with Crippen LogP contribution < -0.4 is 5.32 Å². The van der Waals surface area contributed by atoms with Crippen molar-refractivity contribution in [2.24, 2.45) is 17.8 Å². The van der Waals surface area contributed by atoms with Crippen LogP contribution in [0.2, 0.25) is 0 Å².